The van der Waals surface area contributed by atoms with E-state index in [-0.39, 0.29) is 18.0 Å². The fourth-order valence-corrected chi connectivity index (χ4v) is 3.03. The fraction of sp³-hybridized carbons (Fsp3) is 0.438. The molecule has 1 aromatic carbocycles. The van der Waals surface area contributed by atoms with Gasteiger partial charge in [-0.05, 0) is 31.0 Å². The molecule has 21 heavy (non-hydrogen) atoms. The SMILES string of the molecule is Cc1c(CN2C[C@@H](O)C[C@@H]2c2cccc(F)c2)cnn1C. The second-order valence-electron chi connectivity index (χ2n) is 5.77. The van der Waals surface area contributed by atoms with Crippen LogP contribution in [0, 0.1) is 12.7 Å². The van der Waals surface area contributed by atoms with Gasteiger partial charge in [-0.3, -0.25) is 9.58 Å². The number of halogens is 1. The molecule has 1 N–H and O–H groups in total. The van der Waals surface area contributed by atoms with Crippen molar-refractivity contribution < 1.29 is 9.50 Å². The third-order valence-corrected chi connectivity index (χ3v) is 4.33. The van der Waals surface area contributed by atoms with Crippen LogP contribution in [0.4, 0.5) is 4.39 Å². The van der Waals surface area contributed by atoms with Crippen molar-refractivity contribution in [2.75, 3.05) is 6.54 Å². The third-order valence-electron chi connectivity index (χ3n) is 4.33. The molecule has 0 amide bonds. The number of aliphatic hydroxyl groups is 1. The Hall–Kier alpha value is -1.72. The van der Waals surface area contributed by atoms with Gasteiger partial charge in [0.25, 0.3) is 0 Å². The number of hydrogen-bond acceptors (Lipinski definition) is 3. The molecule has 0 unspecified atom stereocenters. The summed E-state index contributed by atoms with van der Waals surface area (Å²) < 4.78 is 15.3. The van der Waals surface area contributed by atoms with E-state index in [9.17, 15) is 9.50 Å². The zero-order valence-electron chi connectivity index (χ0n) is 12.3. The number of nitrogens with zero attached hydrogens (tertiary/aromatic N) is 3. The molecule has 0 spiro atoms. The topological polar surface area (TPSA) is 41.3 Å². The van der Waals surface area contributed by atoms with Gasteiger partial charge in [-0.25, -0.2) is 4.39 Å². The quantitative estimate of drug-likeness (QED) is 0.941. The van der Waals surface area contributed by atoms with E-state index < -0.39 is 0 Å². The summed E-state index contributed by atoms with van der Waals surface area (Å²) in [6.45, 7) is 3.36. The minimum absolute atomic E-state index is 0.0512. The first-order valence-electron chi connectivity index (χ1n) is 7.19. The molecular weight excluding hydrogens is 269 g/mol. The van der Waals surface area contributed by atoms with Crippen LogP contribution in [0.5, 0.6) is 0 Å². The minimum Gasteiger partial charge on any atom is -0.392 e. The van der Waals surface area contributed by atoms with Gasteiger partial charge in [0, 0.05) is 37.4 Å². The highest BCUT2D eigenvalue weighted by molar-refractivity contribution is 5.23. The van der Waals surface area contributed by atoms with Gasteiger partial charge in [0.05, 0.1) is 12.3 Å². The summed E-state index contributed by atoms with van der Waals surface area (Å²) in [4.78, 5) is 2.20. The van der Waals surface area contributed by atoms with Gasteiger partial charge in [-0.1, -0.05) is 12.1 Å². The summed E-state index contributed by atoms with van der Waals surface area (Å²) in [5, 5.41) is 14.3. The molecular formula is C16H20FN3O. The number of β-amino-alcohol motifs (C(OH)–C–C–N with tert-alkyl or cyclic N) is 1. The lowest BCUT2D eigenvalue weighted by Gasteiger charge is -2.24. The maximum Gasteiger partial charge on any atom is 0.123 e. The van der Waals surface area contributed by atoms with Crippen molar-refractivity contribution >= 4 is 0 Å². The molecule has 2 heterocycles. The average molecular weight is 289 g/mol. The summed E-state index contributed by atoms with van der Waals surface area (Å²) in [5.41, 5.74) is 3.19. The van der Waals surface area contributed by atoms with Crippen molar-refractivity contribution in [1.82, 2.24) is 14.7 Å². The highest BCUT2D eigenvalue weighted by atomic mass is 19.1. The van der Waals surface area contributed by atoms with E-state index in [0.717, 1.165) is 23.4 Å². The van der Waals surface area contributed by atoms with Crippen molar-refractivity contribution in [2.45, 2.75) is 32.0 Å². The Bertz CT molecular complexity index is 640. The lowest BCUT2D eigenvalue weighted by molar-refractivity contribution is 0.172. The monoisotopic (exact) mass is 289 g/mol. The predicted molar refractivity (Wildman–Crippen MR) is 78.1 cm³/mol. The molecule has 5 heteroatoms. The first kappa shape index (κ1) is 14.2. The molecule has 0 radical (unpaired) electrons. The van der Waals surface area contributed by atoms with E-state index in [1.165, 1.54) is 6.07 Å². The van der Waals surface area contributed by atoms with Crippen LogP contribution in [-0.4, -0.2) is 32.4 Å². The Morgan fingerprint density at radius 1 is 1.43 bits per heavy atom. The first-order chi connectivity index (χ1) is 10.0. The van der Waals surface area contributed by atoms with E-state index in [0.29, 0.717) is 13.0 Å². The van der Waals surface area contributed by atoms with Gasteiger partial charge in [-0.15, -0.1) is 0 Å². The van der Waals surface area contributed by atoms with Crippen LogP contribution in [0.2, 0.25) is 0 Å². The van der Waals surface area contributed by atoms with E-state index >= 15 is 0 Å². The van der Waals surface area contributed by atoms with Crippen LogP contribution >= 0.6 is 0 Å². The number of benzene rings is 1. The molecule has 0 saturated carbocycles. The van der Waals surface area contributed by atoms with Crippen molar-refractivity contribution in [3.63, 3.8) is 0 Å². The van der Waals surface area contributed by atoms with Gasteiger partial charge in [-0.2, -0.15) is 5.10 Å². The maximum absolute atomic E-state index is 13.4. The molecule has 0 bridgehead atoms. The van der Waals surface area contributed by atoms with Crippen molar-refractivity contribution in [3.8, 4) is 0 Å². The molecule has 0 aliphatic carbocycles. The molecule has 2 atom stereocenters. The fourth-order valence-electron chi connectivity index (χ4n) is 3.03. The first-order valence-corrected chi connectivity index (χ1v) is 7.19. The van der Waals surface area contributed by atoms with Gasteiger partial charge in [0.1, 0.15) is 5.82 Å². The zero-order valence-corrected chi connectivity index (χ0v) is 12.3. The molecule has 1 saturated heterocycles. The third kappa shape index (κ3) is 2.84. The molecule has 112 valence electrons. The zero-order chi connectivity index (χ0) is 15.0. The van der Waals surface area contributed by atoms with Gasteiger partial charge < -0.3 is 5.11 Å². The Labute approximate surface area is 123 Å². The van der Waals surface area contributed by atoms with Gasteiger partial charge >= 0.3 is 0 Å². The predicted octanol–water partition coefficient (Wildman–Crippen LogP) is 2.18. The van der Waals surface area contributed by atoms with Crippen LogP contribution in [0.1, 0.15) is 29.3 Å². The second kappa shape index (κ2) is 5.58. The smallest absolute Gasteiger partial charge is 0.123 e. The van der Waals surface area contributed by atoms with E-state index in [2.05, 4.69) is 10.00 Å². The Morgan fingerprint density at radius 3 is 2.90 bits per heavy atom. The summed E-state index contributed by atoms with van der Waals surface area (Å²) >= 11 is 0. The van der Waals surface area contributed by atoms with Gasteiger partial charge in [0.2, 0.25) is 0 Å². The van der Waals surface area contributed by atoms with Crippen molar-refractivity contribution in [1.29, 1.82) is 0 Å². The van der Waals surface area contributed by atoms with Crippen LogP contribution in [-0.2, 0) is 13.6 Å². The van der Waals surface area contributed by atoms with Crippen molar-refractivity contribution in [3.05, 3.63) is 53.1 Å². The number of rotatable bonds is 3. The summed E-state index contributed by atoms with van der Waals surface area (Å²) in [7, 11) is 1.92. The van der Waals surface area contributed by atoms with Crippen LogP contribution in [0.3, 0.4) is 0 Å². The molecule has 3 rings (SSSR count). The van der Waals surface area contributed by atoms with Crippen LogP contribution in [0.25, 0.3) is 0 Å². The van der Waals surface area contributed by atoms with E-state index in [4.69, 9.17) is 0 Å². The van der Waals surface area contributed by atoms with Crippen molar-refractivity contribution in [2.24, 2.45) is 7.05 Å². The standard InChI is InChI=1S/C16H20FN3O/c1-11-13(8-18-19(11)2)9-20-10-15(21)7-16(20)12-4-3-5-14(17)6-12/h3-6,8,15-16,21H,7,9-10H2,1-2H3/t15-,16+/m0/s1. The summed E-state index contributed by atoms with van der Waals surface area (Å²) in [6.07, 6.45) is 2.14. The molecule has 4 nitrogen and oxygen atoms in total. The average Bonchev–Trinajstić information content (AvgIpc) is 2.96. The van der Waals surface area contributed by atoms with Gasteiger partial charge in [0.15, 0.2) is 0 Å². The number of likely N-dealkylation sites (tertiary alicyclic amines) is 1. The summed E-state index contributed by atoms with van der Waals surface area (Å²) in [6, 6.07) is 6.71. The largest absolute Gasteiger partial charge is 0.392 e. The lowest BCUT2D eigenvalue weighted by Crippen LogP contribution is -2.24. The molecule has 1 aliphatic rings. The number of aryl methyl sites for hydroxylation is 1. The van der Waals surface area contributed by atoms with Crippen LogP contribution < -0.4 is 0 Å². The Balaban J connectivity index is 1.84. The van der Waals surface area contributed by atoms with E-state index in [1.807, 2.05) is 30.9 Å². The normalized spacial score (nSPS) is 22.9. The number of aromatic nitrogens is 2. The Morgan fingerprint density at radius 2 is 2.24 bits per heavy atom. The molecule has 2 aromatic rings. The molecule has 1 aromatic heterocycles. The van der Waals surface area contributed by atoms with E-state index in [1.54, 1.807) is 12.1 Å². The summed E-state index contributed by atoms with van der Waals surface area (Å²) in [5.74, 6) is -0.230. The molecule has 1 fully saturated rings. The lowest BCUT2D eigenvalue weighted by atomic mass is 10.0. The number of hydrogen-bond donors (Lipinski definition) is 1. The minimum atomic E-state index is -0.366. The Kier molecular flexibility index (Phi) is 3.78. The highest BCUT2D eigenvalue weighted by Crippen LogP contribution is 2.33. The maximum atomic E-state index is 13.4. The highest BCUT2D eigenvalue weighted by Gasteiger charge is 2.32. The second-order valence-corrected chi connectivity index (χ2v) is 5.77. The van der Waals surface area contributed by atoms with Crippen LogP contribution in [0.15, 0.2) is 30.5 Å². The number of aliphatic hydroxyl groups excluding tert-OH is 1. The molecule has 1 aliphatic heterocycles.